The molecular formula is C29H20Cl2N2O4. The molecule has 4 aromatic carbocycles. The Labute approximate surface area is 223 Å². The first-order chi connectivity index (χ1) is 17.8. The quantitative estimate of drug-likeness (QED) is 0.230. The molecule has 0 saturated carbocycles. The van der Waals surface area contributed by atoms with Crippen molar-refractivity contribution in [1.82, 2.24) is 5.32 Å². The van der Waals surface area contributed by atoms with Gasteiger partial charge in [-0.1, -0.05) is 77.8 Å². The predicted molar refractivity (Wildman–Crippen MR) is 145 cm³/mol. The Balaban J connectivity index is 1.59. The van der Waals surface area contributed by atoms with Crippen LogP contribution in [0.15, 0.2) is 84.4 Å². The van der Waals surface area contributed by atoms with Crippen molar-refractivity contribution < 1.29 is 19.1 Å². The maximum absolute atomic E-state index is 13.5. The summed E-state index contributed by atoms with van der Waals surface area (Å²) in [5.41, 5.74) is 2.15. The van der Waals surface area contributed by atoms with Crippen molar-refractivity contribution >= 4 is 63.6 Å². The molecule has 1 saturated heterocycles. The lowest BCUT2D eigenvalue weighted by Gasteiger charge is -2.27. The third-order valence-corrected chi connectivity index (χ3v) is 6.85. The fourth-order valence-corrected chi connectivity index (χ4v) is 4.44. The van der Waals surface area contributed by atoms with Gasteiger partial charge in [0.25, 0.3) is 11.8 Å². The summed E-state index contributed by atoms with van der Waals surface area (Å²) in [6.07, 6.45) is 1.46. The third-order valence-electron chi connectivity index (χ3n) is 6.08. The van der Waals surface area contributed by atoms with Crippen LogP contribution in [0.5, 0.6) is 5.75 Å². The van der Waals surface area contributed by atoms with Crippen LogP contribution in [0.1, 0.15) is 16.7 Å². The van der Waals surface area contributed by atoms with Crippen molar-refractivity contribution in [2.45, 2.75) is 13.5 Å². The first-order valence-corrected chi connectivity index (χ1v) is 12.1. The van der Waals surface area contributed by atoms with E-state index in [1.807, 2.05) is 55.5 Å². The summed E-state index contributed by atoms with van der Waals surface area (Å²) >= 11 is 12.5. The number of anilines is 1. The van der Waals surface area contributed by atoms with Gasteiger partial charge in [-0.2, -0.15) is 0 Å². The molecule has 6 nitrogen and oxygen atoms in total. The fourth-order valence-electron chi connectivity index (χ4n) is 4.08. The van der Waals surface area contributed by atoms with Crippen LogP contribution in [0.2, 0.25) is 10.0 Å². The highest BCUT2D eigenvalue weighted by Gasteiger charge is 2.37. The van der Waals surface area contributed by atoms with Gasteiger partial charge in [0, 0.05) is 21.2 Å². The van der Waals surface area contributed by atoms with Gasteiger partial charge in [0.05, 0.1) is 5.69 Å². The normalized spacial score (nSPS) is 14.8. The van der Waals surface area contributed by atoms with Crippen LogP contribution in [0.4, 0.5) is 10.5 Å². The first-order valence-electron chi connectivity index (χ1n) is 11.4. The molecule has 1 aliphatic heterocycles. The lowest BCUT2D eigenvalue weighted by atomic mass is 9.99. The number of fused-ring (bicyclic) bond motifs is 1. The van der Waals surface area contributed by atoms with Gasteiger partial charge in [-0.05, 0) is 53.6 Å². The number of amides is 4. The van der Waals surface area contributed by atoms with E-state index in [9.17, 15) is 14.4 Å². The summed E-state index contributed by atoms with van der Waals surface area (Å²) in [5.74, 6) is -1.11. The van der Waals surface area contributed by atoms with Crippen LogP contribution in [-0.2, 0) is 16.2 Å². The second-order valence-corrected chi connectivity index (χ2v) is 9.28. The molecule has 0 aromatic heterocycles. The van der Waals surface area contributed by atoms with E-state index < -0.39 is 17.8 Å². The zero-order chi connectivity index (χ0) is 26.1. The maximum atomic E-state index is 13.5. The average Bonchev–Trinajstić information content (AvgIpc) is 2.88. The van der Waals surface area contributed by atoms with E-state index in [2.05, 4.69) is 5.32 Å². The molecule has 0 radical (unpaired) electrons. The lowest BCUT2D eigenvalue weighted by Crippen LogP contribution is -2.54. The molecule has 1 N–H and O–H groups in total. The van der Waals surface area contributed by atoms with Crippen LogP contribution in [0.3, 0.4) is 0 Å². The average molecular weight is 531 g/mol. The zero-order valence-electron chi connectivity index (χ0n) is 19.6. The Hall–Kier alpha value is -4.13. The van der Waals surface area contributed by atoms with E-state index >= 15 is 0 Å². The topological polar surface area (TPSA) is 75.7 Å². The minimum Gasteiger partial charge on any atom is -0.488 e. The monoisotopic (exact) mass is 530 g/mol. The maximum Gasteiger partial charge on any atom is 0.335 e. The van der Waals surface area contributed by atoms with Crippen molar-refractivity contribution in [2.24, 2.45) is 0 Å². The number of imide groups is 2. The summed E-state index contributed by atoms with van der Waals surface area (Å²) in [6.45, 7) is 1.99. The van der Waals surface area contributed by atoms with Gasteiger partial charge in [0.2, 0.25) is 0 Å². The molecule has 1 aliphatic rings. The van der Waals surface area contributed by atoms with Crippen molar-refractivity contribution in [3.63, 3.8) is 0 Å². The summed E-state index contributed by atoms with van der Waals surface area (Å²) in [4.78, 5) is 39.9. The number of ether oxygens (including phenoxy) is 1. The second-order valence-electron chi connectivity index (χ2n) is 8.47. The number of carbonyl (C=O) groups is 3. The minimum absolute atomic E-state index is 0.181. The van der Waals surface area contributed by atoms with Gasteiger partial charge in [0.1, 0.15) is 17.9 Å². The summed E-state index contributed by atoms with van der Waals surface area (Å²) in [5, 5.41) is 4.87. The number of halogens is 2. The Morgan fingerprint density at radius 3 is 2.43 bits per heavy atom. The molecule has 4 amide bonds. The van der Waals surface area contributed by atoms with E-state index in [4.69, 9.17) is 27.9 Å². The molecule has 8 heteroatoms. The number of hydrogen-bond donors (Lipinski definition) is 1. The number of aryl methyl sites for hydroxylation is 1. The highest BCUT2D eigenvalue weighted by Crippen LogP contribution is 2.33. The van der Waals surface area contributed by atoms with E-state index in [-0.39, 0.29) is 17.9 Å². The summed E-state index contributed by atoms with van der Waals surface area (Å²) in [7, 11) is 0. The van der Waals surface area contributed by atoms with Gasteiger partial charge >= 0.3 is 6.03 Å². The summed E-state index contributed by atoms with van der Waals surface area (Å²) in [6, 6.07) is 22.5. The smallest absolute Gasteiger partial charge is 0.335 e. The number of benzene rings is 4. The largest absolute Gasteiger partial charge is 0.488 e. The molecule has 0 atom stereocenters. The molecule has 184 valence electrons. The van der Waals surface area contributed by atoms with Crippen molar-refractivity contribution in [2.75, 3.05) is 4.90 Å². The number of nitrogens with one attached hydrogen (secondary N) is 1. The van der Waals surface area contributed by atoms with Crippen LogP contribution >= 0.6 is 23.2 Å². The first kappa shape index (κ1) is 24.6. The molecule has 37 heavy (non-hydrogen) atoms. The Kier molecular flexibility index (Phi) is 6.70. The highest BCUT2D eigenvalue weighted by atomic mass is 35.5. The van der Waals surface area contributed by atoms with Crippen LogP contribution < -0.4 is 15.0 Å². The van der Waals surface area contributed by atoms with Gasteiger partial charge < -0.3 is 4.74 Å². The number of nitrogens with zero attached hydrogens (tertiary/aromatic N) is 1. The van der Waals surface area contributed by atoms with Gasteiger partial charge in [-0.25, -0.2) is 9.69 Å². The molecule has 5 rings (SSSR count). The lowest BCUT2D eigenvalue weighted by molar-refractivity contribution is -0.122. The standard InChI is InChI=1S/C29H20Cl2N2O4/c1-17-10-12-20(14-25(17)31)33-28(35)23(27(34)32-29(33)36)15-22-21-8-4-2-6-18(21)11-13-26(22)37-16-19-7-3-5-9-24(19)30/h2-15H,16H2,1H3,(H,32,34,36)/b23-15+. The SMILES string of the molecule is Cc1ccc(N2C(=O)NC(=O)/C(=C\c3c(OCc4ccccc4Cl)ccc4ccccc34)C2=O)cc1Cl. The van der Waals surface area contributed by atoms with E-state index in [1.54, 1.807) is 24.3 Å². The second kappa shape index (κ2) is 10.1. The molecule has 4 aromatic rings. The third kappa shape index (κ3) is 4.81. The van der Waals surface area contributed by atoms with Crippen molar-refractivity contribution in [3.8, 4) is 5.75 Å². The molecular weight excluding hydrogens is 511 g/mol. The van der Waals surface area contributed by atoms with E-state index in [1.165, 1.54) is 12.1 Å². The number of hydrogen-bond acceptors (Lipinski definition) is 4. The van der Waals surface area contributed by atoms with E-state index in [0.717, 1.165) is 26.8 Å². The molecule has 0 unspecified atom stereocenters. The molecule has 0 bridgehead atoms. The highest BCUT2D eigenvalue weighted by molar-refractivity contribution is 6.40. The molecule has 1 heterocycles. The number of urea groups is 1. The van der Waals surface area contributed by atoms with Gasteiger partial charge in [-0.3, -0.25) is 14.9 Å². The number of carbonyl (C=O) groups excluding carboxylic acids is 3. The zero-order valence-corrected chi connectivity index (χ0v) is 21.1. The Morgan fingerprint density at radius 1 is 0.892 bits per heavy atom. The Morgan fingerprint density at radius 2 is 1.65 bits per heavy atom. The van der Waals surface area contributed by atoms with Crippen molar-refractivity contribution in [3.05, 3.63) is 111 Å². The predicted octanol–water partition coefficient (Wildman–Crippen LogP) is 6.70. The minimum atomic E-state index is -0.847. The van der Waals surface area contributed by atoms with Gasteiger partial charge in [-0.15, -0.1) is 0 Å². The van der Waals surface area contributed by atoms with Crippen LogP contribution in [-0.4, -0.2) is 17.8 Å². The Bertz CT molecular complexity index is 1610. The van der Waals surface area contributed by atoms with Crippen LogP contribution in [0, 0.1) is 6.92 Å². The number of rotatable bonds is 5. The molecule has 0 aliphatic carbocycles. The molecule has 0 spiro atoms. The van der Waals surface area contributed by atoms with Crippen LogP contribution in [0.25, 0.3) is 16.8 Å². The molecule has 1 fully saturated rings. The van der Waals surface area contributed by atoms with Gasteiger partial charge in [0.15, 0.2) is 0 Å². The summed E-state index contributed by atoms with van der Waals surface area (Å²) < 4.78 is 6.12. The number of barbiturate groups is 1. The fraction of sp³-hybridized carbons (Fsp3) is 0.0690. The van der Waals surface area contributed by atoms with Crippen molar-refractivity contribution in [1.29, 1.82) is 0 Å². The van der Waals surface area contributed by atoms with E-state index in [0.29, 0.717) is 21.4 Å².